The van der Waals surface area contributed by atoms with Gasteiger partial charge in [-0.15, -0.1) is 10.2 Å². The van der Waals surface area contributed by atoms with Crippen LogP contribution in [0.15, 0.2) is 28.0 Å². The van der Waals surface area contributed by atoms with Crippen molar-refractivity contribution in [3.05, 3.63) is 40.9 Å². The van der Waals surface area contributed by atoms with E-state index in [9.17, 15) is 9.59 Å². The van der Waals surface area contributed by atoms with Crippen molar-refractivity contribution in [3.63, 3.8) is 0 Å². The van der Waals surface area contributed by atoms with E-state index in [1.807, 2.05) is 7.05 Å². The van der Waals surface area contributed by atoms with Crippen molar-refractivity contribution < 1.29 is 18.7 Å². The van der Waals surface area contributed by atoms with Gasteiger partial charge >= 0.3 is 5.97 Å². The van der Waals surface area contributed by atoms with Gasteiger partial charge in [0.1, 0.15) is 0 Å². The van der Waals surface area contributed by atoms with E-state index in [4.69, 9.17) is 9.15 Å². The molecule has 0 aliphatic heterocycles. The number of hydrogen-bond donors (Lipinski definition) is 1. The molecule has 3 heterocycles. The molecule has 0 saturated carbocycles. The number of nitrogens with one attached hydrogen (secondary N) is 1. The van der Waals surface area contributed by atoms with Gasteiger partial charge < -0.3 is 18.7 Å². The predicted octanol–water partition coefficient (Wildman–Crippen LogP) is 3.56. The topological polar surface area (TPSA) is 103 Å². The summed E-state index contributed by atoms with van der Waals surface area (Å²) in [4.78, 5) is 28.2. The molecule has 3 rings (SSSR count). The monoisotopic (exact) mass is 402 g/mol. The number of ether oxygens (including phenoxy) is 1. The first-order valence-electron chi connectivity index (χ1n) is 8.85. The molecule has 0 spiro atoms. The highest BCUT2D eigenvalue weighted by Gasteiger charge is 2.27. The van der Waals surface area contributed by atoms with Gasteiger partial charge in [-0.25, -0.2) is 4.79 Å². The number of furan rings is 1. The molecule has 0 radical (unpaired) electrons. The summed E-state index contributed by atoms with van der Waals surface area (Å²) < 4.78 is 12.2. The molecule has 3 aromatic heterocycles. The summed E-state index contributed by atoms with van der Waals surface area (Å²) in [6.45, 7) is 7.33. The summed E-state index contributed by atoms with van der Waals surface area (Å²) in [5.41, 5.74) is 2.05. The molecule has 0 aliphatic rings. The van der Waals surface area contributed by atoms with Gasteiger partial charge in [0.2, 0.25) is 0 Å². The van der Waals surface area contributed by atoms with Crippen molar-refractivity contribution in [2.75, 3.05) is 6.61 Å². The summed E-state index contributed by atoms with van der Waals surface area (Å²) in [6, 6.07) is 3.58. The van der Waals surface area contributed by atoms with Crippen LogP contribution >= 0.6 is 11.8 Å². The van der Waals surface area contributed by atoms with Crippen molar-refractivity contribution in [2.24, 2.45) is 7.05 Å². The van der Waals surface area contributed by atoms with Crippen molar-refractivity contribution >= 4 is 23.5 Å². The quantitative estimate of drug-likeness (QED) is 0.366. The fourth-order valence-electron chi connectivity index (χ4n) is 2.96. The number of ketones is 1. The lowest BCUT2D eigenvalue weighted by molar-refractivity contribution is 0.0525. The van der Waals surface area contributed by atoms with E-state index in [0.29, 0.717) is 39.3 Å². The Labute approximate surface area is 166 Å². The van der Waals surface area contributed by atoms with Gasteiger partial charge in [-0.1, -0.05) is 11.8 Å². The highest BCUT2D eigenvalue weighted by molar-refractivity contribution is 8.00. The first kappa shape index (κ1) is 19.9. The zero-order valence-electron chi connectivity index (χ0n) is 16.4. The molecule has 0 unspecified atom stereocenters. The molecule has 1 N–H and O–H groups in total. The second-order valence-electron chi connectivity index (χ2n) is 6.31. The molecule has 3 aromatic rings. The molecule has 0 amide bonds. The number of thioether (sulfide) groups is 1. The Kier molecular flexibility index (Phi) is 5.73. The zero-order chi connectivity index (χ0) is 20.4. The van der Waals surface area contributed by atoms with E-state index in [1.165, 1.54) is 11.8 Å². The Bertz CT molecular complexity index is 1000. The van der Waals surface area contributed by atoms with Gasteiger partial charge in [0.25, 0.3) is 0 Å². The van der Waals surface area contributed by atoms with E-state index >= 15 is 0 Å². The standard InChI is InChI=1S/C19H22N4O4S/c1-6-26-18(25)14-10(2)15(20-11(14)3)16(24)12(4)28-19-22-21-17(23(19)5)13-8-7-9-27-13/h7-9,12,20H,6H2,1-5H3/t12-/m0/s1. The van der Waals surface area contributed by atoms with Crippen molar-refractivity contribution in [2.45, 2.75) is 38.1 Å². The van der Waals surface area contributed by atoms with Crippen LogP contribution < -0.4 is 0 Å². The number of hydrogen-bond acceptors (Lipinski definition) is 7. The molecule has 0 fully saturated rings. The van der Waals surface area contributed by atoms with Crippen LogP contribution in [-0.4, -0.2) is 43.4 Å². The summed E-state index contributed by atoms with van der Waals surface area (Å²) in [5, 5.41) is 8.47. The average molecular weight is 402 g/mol. The van der Waals surface area contributed by atoms with Gasteiger partial charge in [-0.05, 0) is 45.4 Å². The molecule has 8 nitrogen and oxygen atoms in total. The number of carbonyl (C=O) groups excluding carboxylic acids is 2. The first-order valence-corrected chi connectivity index (χ1v) is 9.73. The van der Waals surface area contributed by atoms with Crippen LogP contribution in [0.2, 0.25) is 0 Å². The predicted molar refractivity (Wildman–Crippen MR) is 105 cm³/mol. The smallest absolute Gasteiger partial charge is 0.340 e. The van der Waals surface area contributed by atoms with Gasteiger partial charge in [-0.2, -0.15) is 0 Å². The first-order chi connectivity index (χ1) is 13.3. The minimum absolute atomic E-state index is 0.122. The SMILES string of the molecule is CCOC(=O)c1c(C)[nH]c(C(=O)[C@H](C)Sc2nnc(-c3ccco3)n2C)c1C. The summed E-state index contributed by atoms with van der Waals surface area (Å²) in [6.07, 6.45) is 1.57. The summed E-state index contributed by atoms with van der Waals surface area (Å²) in [5.74, 6) is 0.646. The highest BCUT2D eigenvalue weighted by Crippen LogP contribution is 2.29. The fourth-order valence-corrected chi connectivity index (χ4v) is 3.83. The lowest BCUT2D eigenvalue weighted by Crippen LogP contribution is -2.16. The van der Waals surface area contributed by atoms with Gasteiger partial charge in [-0.3, -0.25) is 4.79 Å². The fraction of sp³-hybridized carbons (Fsp3) is 0.368. The lowest BCUT2D eigenvalue weighted by atomic mass is 10.1. The van der Waals surface area contributed by atoms with Gasteiger partial charge in [0.05, 0.1) is 29.4 Å². The Hall–Kier alpha value is -2.81. The van der Waals surface area contributed by atoms with Gasteiger partial charge in [0, 0.05) is 12.7 Å². The minimum atomic E-state index is -0.431. The molecule has 28 heavy (non-hydrogen) atoms. The van der Waals surface area contributed by atoms with E-state index in [0.717, 1.165) is 0 Å². The molecule has 0 aliphatic carbocycles. The van der Waals surface area contributed by atoms with E-state index in [2.05, 4.69) is 15.2 Å². The number of aryl methyl sites for hydroxylation is 1. The van der Waals surface area contributed by atoms with Crippen LogP contribution in [-0.2, 0) is 11.8 Å². The molecular weight excluding hydrogens is 380 g/mol. The number of Topliss-reactive ketones (excluding diaryl/α,β-unsaturated/α-hetero) is 1. The number of H-pyrrole nitrogens is 1. The van der Waals surface area contributed by atoms with Gasteiger partial charge in [0.15, 0.2) is 22.5 Å². The third-order valence-electron chi connectivity index (χ3n) is 4.39. The summed E-state index contributed by atoms with van der Waals surface area (Å²) in [7, 11) is 1.82. The third-order valence-corrected chi connectivity index (χ3v) is 5.53. The molecule has 1 atom stereocenters. The molecular formula is C19H22N4O4S. The average Bonchev–Trinajstić information content (AvgIpc) is 3.35. The second kappa shape index (κ2) is 8.05. The number of esters is 1. The number of nitrogens with zero attached hydrogens (tertiary/aromatic N) is 3. The highest BCUT2D eigenvalue weighted by atomic mass is 32.2. The normalized spacial score (nSPS) is 12.2. The van der Waals surface area contributed by atoms with Crippen molar-refractivity contribution in [3.8, 4) is 11.6 Å². The molecule has 9 heteroatoms. The number of rotatable bonds is 7. The van der Waals surface area contributed by atoms with Crippen LogP contribution in [0.25, 0.3) is 11.6 Å². The van der Waals surface area contributed by atoms with Crippen LogP contribution in [0.5, 0.6) is 0 Å². The lowest BCUT2D eigenvalue weighted by Gasteiger charge is -2.10. The molecule has 0 aromatic carbocycles. The minimum Gasteiger partial charge on any atom is -0.462 e. The second-order valence-corrected chi connectivity index (χ2v) is 7.62. The maximum atomic E-state index is 13.0. The number of aromatic nitrogens is 4. The van der Waals surface area contributed by atoms with Crippen LogP contribution in [0.1, 0.15) is 46.0 Å². The maximum absolute atomic E-state index is 13.0. The Morgan fingerprint density at radius 3 is 2.75 bits per heavy atom. The van der Waals surface area contributed by atoms with E-state index < -0.39 is 11.2 Å². The Morgan fingerprint density at radius 1 is 1.36 bits per heavy atom. The van der Waals surface area contributed by atoms with Crippen LogP contribution in [0.3, 0.4) is 0 Å². The largest absolute Gasteiger partial charge is 0.462 e. The third kappa shape index (κ3) is 3.62. The van der Waals surface area contributed by atoms with E-state index in [-0.39, 0.29) is 12.4 Å². The van der Waals surface area contributed by atoms with Crippen molar-refractivity contribution in [1.82, 2.24) is 19.7 Å². The molecule has 148 valence electrons. The Balaban J connectivity index is 1.81. The molecule has 0 saturated heterocycles. The number of aromatic amines is 1. The van der Waals surface area contributed by atoms with Crippen molar-refractivity contribution in [1.29, 1.82) is 0 Å². The number of carbonyl (C=O) groups is 2. The van der Waals surface area contributed by atoms with Crippen LogP contribution in [0.4, 0.5) is 0 Å². The molecule has 0 bridgehead atoms. The zero-order valence-corrected chi connectivity index (χ0v) is 17.2. The summed E-state index contributed by atoms with van der Waals surface area (Å²) >= 11 is 1.30. The Morgan fingerprint density at radius 2 is 2.11 bits per heavy atom. The van der Waals surface area contributed by atoms with E-state index in [1.54, 1.807) is 50.7 Å². The van der Waals surface area contributed by atoms with Crippen LogP contribution in [0, 0.1) is 13.8 Å². The maximum Gasteiger partial charge on any atom is 0.340 e.